The minimum Gasteiger partial charge on any atom is -0.406 e. The van der Waals surface area contributed by atoms with Gasteiger partial charge in [-0.25, -0.2) is 0 Å². The fourth-order valence-corrected chi connectivity index (χ4v) is 1.99. The molecule has 0 aromatic heterocycles. The van der Waals surface area contributed by atoms with Gasteiger partial charge in [0.1, 0.15) is 5.75 Å². The molecule has 0 unspecified atom stereocenters. The Morgan fingerprint density at radius 3 is 2.50 bits per heavy atom. The summed E-state index contributed by atoms with van der Waals surface area (Å²) in [5.74, 6) is -0.459. The minimum absolute atomic E-state index is 0.0688. The Hall–Kier alpha value is -0.860. The van der Waals surface area contributed by atoms with Crippen LogP contribution in [0.1, 0.15) is 0 Å². The SMILES string of the molecule is [N-]=[N+]=Nc1c(Cl)cc(OC(F)(F)F)cc1I. The van der Waals surface area contributed by atoms with Crippen LogP contribution in [0.25, 0.3) is 10.4 Å². The Balaban J connectivity index is 3.14. The van der Waals surface area contributed by atoms with Crippen molar-refractivity contribution in [1.82, 2.24) is 0 Å². The lowest BCUT2D eigenvalue weighted by Gasteiger charge is -2.10. The Labute approximate surface area is 106 Å². The van der Waals surface area contributed by atoms with Gasteiger partial charge in [-0.15, -0.1) is 13.2 Å². The zero-order chi connectivity index (χ0) is 12.3. The number of rotatable bonds is 2. The van der Waals surface area contributed by atoms with E-state index >= 15 is 0 Å². The fourth-order valence-electron chi connectivity index (χ4n) is 0.875. The van der Waals surface area contributed by atoms with E-state index in [9.17, 15) is 13.2 Å². The number of hydrogen-bond acceptors (Lipinski definition) is 2. The van der Waals surface area contributed by atoms with Gasteiger partial charge in [-0.3, -0.25) is 0 Å². The monoisotopic (exact) mass is 363 g/mol. The van der Waals surface area contributed by atoms with Crippen LogP contribution >= 0.6 is 34.2 Å². The quantitative estimate of drug-likeness (QED) is 0.323. The summed E-state index contributed by atoms with van der Waals surface area (Å²) in [5.41, 5.74) is 8.28. The molecule has 1 aromatic rings. The highest BCUT2D eigenvalue weighted by atomic mass is 127. The molecular weight excluding hydrogens is 361 g/mol. The predicted molar refractivity (Wildman–Crippen MR) is 59.7 cm³/mol. The molecule has 0 heterocycles. The Morgan fingerprint density at radius 2 is 2.06 bits per heavy atom. The molecule has 0 aliphatic heterocycles. The molecule has 0 aliphatic carbocycles. The first kappa shape index (κ1) is 13.2. The highest BCUT2D eigenvalue weighted by Crippen LogP contribution is 2.36. The Bertz CT molecular complexity index is 436. The van der Waals surface area contributed by atoms with Gasteiger partial charge < -0.3 is 4.74 Å². The first-order valence-electron chi connectivity index (χ1n) is 3.63. The molecular formula is C7H2ClF3IN3O. The summed E-state index contributed by atoms with van der Waals surface area (Å²) in [6.07, 6.45) is -4.79. The molecule has 0 saturated carbocycles. The molecule has 0 atom stereocenters. The third-order valence-corrected chi connectivity index (χ3v) is 2.48. The van der Waals surface area contributed by atoms with Crippen molar-refractivity contribution >= 4 is 39.9 Å². The molecule has 1 rings (SSSR count). The number of nitrogens with zero attached hydrogens (tertiary/aromatic N) is 3. The van der Waals surface area contributed by atoms with E-state index in [1.54, 1.807) is 22.6 Å². The van der Waals surface area contributed by atoms with E-state index in [2.05, 4.69) is 14.8 Å². The van der Waals surface area contributed by atoms with E-state index in [0.717, 1.165) is 12.1 Å². The van der Waals surface area contributed by atoms with Crippen molar-refractivity contribution in [1.29, 1.82) is 0 Å². The topological polar surface area (TPSA) is 58.0 Å². The van der Waals surface area contributed by atoms with Crippen LogP contribution in [-0.4, -0.2) is 6.36 Å². The van der Waals surface area contributed by atoms with Gasteiger partial charge in [-0.1, -0.05) is 16.7 Å². The first-order valence-corrected chi connectivity index (χ1v) is 5.09. The first-order chi connectivity index (χ1) is 7.33. The number of ether oxygens (including phenoxy) is 1. The largest absolute Gasteiger partial charge is 0.573 e. The predicted octanol–water partition coefficient (Wildman–Crippen LogP) is 4.79. The van der Waals surface area contributed by atoms with Crippen LogP contribution in [0.15, 0.2) is 17.2 Å². The van der Waals surface area contributed by atoms with E-state index in [4.69, 9.17) is 17.1 Å². The van der Waals surface area contributed by atoms with Gasteiger partial charge >= 0.3 is 6.36 Å². The summed E-state index contributed by atoms with van der Waals surface area (Å²) in [6, 6.07) is 2.01. The zero-order valence-electron chi connectivity index (χ0n) is 7.29. The van der Waals surface area contributed by atoms with Crippen LogP contribution in [0, 0.1) is 3.57 Å². The number of halogens is 5. The van der Waals surface area contributed by atoms with E-state index in [1.807, 2.05) is 0 Å². The molecule has 16 heavy (non-hydrogen) atoms. The highest BCUT2D eigenvalue weighted by Gasteiger charge is 2.31. The molecule has 0 N–H and O–H groups in total. The van der Waals surface area contributed by atoms with Gasteiger partial charge in [0.05, 0.1) is 10.7 Å². The summed E-state index contributed by atoms with van der Waals surface area (Å²) in [7, 11) is 0. The van der Waals surface area contributed by atoms with E-state index in [1.165, 1.54) is 0 Å². The van der Waals surface area contributed by atoms with Crippen LogP contribution in [0.5, 0.6) is 5.75 Å². The van der Waals surface area contributed by atoms with Gasteiger partial charge in [0.25, 0.3) is 0 Å². The van der Waals surface area contributed by atoms with Crippen LogP contribution < -0.4 is 4.74 Å². The molecule has 1 aromatic carbocycles. The van der Waals surface area contributed by atoms with Gasteiger partial charge in [0.2, 0.25) is 0 Å². The number of alkyl halides is 3. The number of azide groups is 1. The summed E-state index contributed by atoms with van der Waals surface area (Å²) in [5, 5.41) is 3.14. The van der Waals surface area contributed by atoms with Gasteiger partial charge in [-0.2, -0.15) is 0 Å². The van der Waals surface area contributed by atoms with E-state index in [-0.39, 0.29) is 14.3 Å². The van der Waals surface area contributed by atoms with Crippen molar-refractivity contribution < 1.29 is 17.9 Å². The summed E-state index contributed by atoms with van der Waals surface area (Å²) in [4.78, 5) is 2.50. The molecule has 9 heteroatoms. The second-order valence-corrected chi connectivity index (χ2v) is 4.04. The maximum Gasteiger partial charge on any atom is 0.573 e. The molecule has 0 amide bonds. The second kappa shape index (κ2) is 4.98. The van der Waals surface area contributed by atoms with E-state index in [0.29, 0.717) is 0 Å². The maximum absolute atomic E-state index is 11.9. The lowest BCUT2D eigenvalue weighted by atomic mass is 10.3. The standard InChI is InChI=1S/C7H2ClF3IN3O/c8-4-1-3(16-7(9,10)11)2-5(12)6(4)14-15-13/h1-2H. The van der Waals surface area contributed by atoms with Crippen LogP contribution in [0.2, 0.25) is 5.02 Å². The van der Waals surface area contributed by atoms with Gasteiger partial charge in [0, 0.05) is 8.48 Å². The summed E-state index contributed by atoms with van der Waals surface area (Å²) >= 11 is 7.32. The van der Waals surface area contributed by atoms with Gasteiger partial charge in [0.15, 0.2) is 0 Å². The van der Waals surface area contributed by atoms with Crippen molar-refractivity contribution in [3.8, 4) is 5.75 Å². The molecule has 0 radical (unpaired) electrons. The van der Waals surface area contributed by atoms with Crippen molar-refractivity contribution in [2.75, 3.05) is 0 Å². The molecule has 86 valence electrons. The van der Waals surface area contributed by atoms with Crippen LogP contribution in [0.3, 0.4) is 0 Å². The highest BCUT2D eigenvalue weighted by molar-refractivity contribution is 14.1. The third kappa shape index (κ3) is 3.62. The number of hydrogen-bond donors (Lipinski definition) is 0. The average molecular weight is 363 g/mol. The second-order valence-electron chi connectivity index (χ2n) is 2.47. The molecule has 4 nitrogen and oxygen atoms in total. The van der Waals surface area contributed by atoms with Crippen molar-refractivity contribution in [3.05, 3.63) is 31.2 Å². The van der Waals surface area contributed by atoms with Crippen LogP contribution in [-0.2, 0) is 0 Å². The lowest BCUT2D eigenvalue weighted by molar-refractivity contribution is -0.274. The number of benzene rings is 1. The lowest BCUT2D eigenvalue weighted by Crippen LogP contribution is -2.17. The smallest absolute Gasteiger partial charge is 0.406 e. The van der Waals surface area contributed by atoms with Gasteiger partial charge in [-0.05, 0) is 40.3 Å². The average Bonchev–Trinajstić information content (AvgIpc) is 2.08. The zero-order valence-corrected chi connectivity index (χ0v) is 10.2. The van der Waals surface area contributed by atoms with Crippen molar-refractivity contribution in [2.24, 2.45) is 5.11 Å². The van der Waals surface area contributed by atoms with Crippen molar-refractivity contribution in [3.63, 3.8) is 0 Å². The molecule has 0 fully saturated rings. The molecule has 0 bridgehead atoms. The minimum atomic E-state index is -4.79. The fraction of sp³-hybridized carbons (Fsp3) is 0.143. The summed E-state index contributed by atoms with van der Waals surface area (Å²) < 4.78 is 39.6. The Morgan fingerprint density at radius 1 is 1.44 bits per heavy atom. The maximum atomic E-state index is 11.9. The van der Waals surface area contributed by atoms with E-state index < -0.39 is 12.1 Å². The van der Waals surface area contributed by atoms with Crippen LogP contribution in [0.4, 0.5) is 18.9 Å². The van der Waals surface area contributed by atoms with Crippen molar-refractivity contribution in [2.45, 2.75) is 6.36 Å². The molecule has 0 saturated heterocycles. The molecule has 0 aliphatic rings. The molecule has 0 spiro atoms. The third-order valence-electron chi connectivity index (χ3n) is 1.37. The summed E-state index contributed by atoms with van der Waals surface area (Å²) in [6.45, 7) is 0. The normalized spacial score (nSPS) is 10.8. The Kier molecular flexibility index (Phi) is 4.11.